The fourth-order valence-corrected chi connectivity index (χ4v) is 3.46. The fourth-order valence-electron chi connectivity index (χ4n) is 3.46. The van der Waals surface area contributed by atoms with Crippen LogP contribution in [0.25, 0.3) is 0 Å². The van der Waals surface area contributed by atoms with Gasteiger partial charge >= 0.3 is 0 Å². The number of likely N-dealkylation sites (tertiary alicyclic amines) is 1. The van der Waals surface area contributed by atoms with Gasteiger partial charge in [0, 0.05) is 31.0 Å². The second-order valence-electron chi connectivity index (χ2n) is 6.29. The summed E-state index contributed by atoms with van der Waals surface area (Å²) in [6.07, 6.45) is 2.32. The van der Waals surface area contributed by atoms with Crippen molar-refractivity contribution < 1.29 is 4.79 Å². The lowest BCUT2D eigenvalue weighted by Crippen LogP contribution is -2.30. The quantitative estimate of drug-likeness (QED) is 0.733. The molecule has 1 aliphatic heterocycles. The molecule has 92 valence electrons. The third-order valence-electron chi connectivity index (χ3n) is 4.48. The summed E-state index contributed by atoms with van der Waals surface area (Å²) in [4.78, 5) is 14.6. The van der Waals surface area contributed by atoms with Crippen LogP contribution in [0.3, 0.4) is 0 Å². The summed E-state index contributed by atoms with van der Waals surface area (Å²) in [5.41, 5.74) is 0. The smallest absolute Gasteiger partial charge is 0.138 e. The van der Waals surface area contributed by atoms with Crippen molar-refractivity contribution in [2.45, 2.75) is 46.6 Å². The van der Waals surface area contributed by atoms with E-state index in [1.54, 1.807) is 0 Å². The molecule has 2 heteroatoms. The fraction of sp³-hybridized carbons (Fsp3) is 0.929. The highest BCUT2D eigenvalue weighted by Gasteiger charge is 2.43. The van der Waals surface area contributed by atoms with E-state index in [9.17, 15) is 4.79 Å². The number of nitrogens with zero attached hydrogens (tertiary/aromatic N) is 1. The lowest BCUT2D eigenvalue weighted by molar-refractivity contribution is -0.125. The SMILES string of the molecule is CC(C)C(=O)C1C[C@@H]2CN(C(C)C)C[C@@H]2C1. The maximum Gasteiger partial charge on any atom is 0.138 e. The zero-order valence-corrected chi connectivity index (χ0v) is 11.1. The summed E-state index contributed by atoms with van der Waals surface area (Å²) in [5.74, 6) is 2.71. The Morgan fingerprint density at radius 1 is 1.06 bits per heavy atom. The normalized spacial score (nSPS) is 35.0. The lowest BCUT2D eigenvalue weighted by atomic mass is 9.92. The van der Waals surface area contributed by atoms with Gasteiger partial charge in [-0.1, -0.05) is 13.8 Å². The summed E-state index contributed by atoms with van der Waals surface area (Å²) >= 11 is 0. The van der Waals surface area contributed by atoms with Gasteiger partial charge in [0.15, 0.2) is 0 Å². The summed E-state index contributed by atoms with van der Waals surface area (Å²) in [6, 6.07) is 0.671. The van der Waals surface area contributed by atoms with Crippen molar-refractivity contribution in [2.24, 2.45) is 23.7 Å². The van der Waals surface area contributed by atoms with E-state index in [2.05, 4.69) is 18.7 Å². The summed E-state index contributed by atoms with van der Waals surface area (Å²) in [7, 11) is 0. The minimum Gasteiger partial charge on any atom is -0.300 e. The lowest BCUT2D eigenvalue weighted by Gasteiger charge is -2.22. The van der Waals surface area contributed by atoms with Crippen molar-refractivity contribution in [3.8, 4) is 0 Å². The predicted octanol–water partition coefficient (Wildman–Crippen LogP) is 2.58. The monoisotopic (exact) mass is 223 g/mol. The largest absolute Gasteiger partial charge is 0.300 e. The van der Waals surface area contributed by atoms with E-state index in [1.165, 1.54) is 13.1 Å². The Labute approximate surface area is 99.4 Å². The van der Waals surface area contributed by atoms with Crippen molar-refractivity contribution >= 4 is 5.78 Å². The van der Waals surface area contributed by atoms with Crippen LogP contribution >= 0.6 is 0 Å². The van der Waals surface area contributed by atoms with Crippen LogP contribution in [0.4, 0.5) is 0 Å². The molecule has 2 aliphatic rings. The summed E-state index contributed by atoms with van der Waals surface area (Å²) in [5, 5.41) is 0. The molecule has 0 aromatic rings. The molecule has 0 N–H and O–H groups in total. The van der Waals surface area contributed by atoms with Crippen LogP contribution in [0.5, 0.6) is 0 Å². The van der Waals surface area contributed by atoms with Gasteiger partial charge in [0.25, 0.3) is 0 Å². The zero-order valence-electron chi connectivity index (χ0n) is 11.1. The van der Waals surface area contributed by atoms with E-state index < -0.39 is 0 Å². The summed E-state index contributed by atoms with van der Waals surface area (Å²) in [6.45, 7) is 11.1. The minimum absolute atomic E-state index is 0.227. The average Bonchev–Trinajstić information content (AvgIpc) is 2.72. The van der Waals surface area contributed by atoms with Crippen molar-refractivity contribution in [3.05, 3.63) is 0 Å². The van der Waals surface area contributed by atoms with Gasteiger partial charge in [-0.3, -0.25) is 4.79 Å². The van der Waals surface area contributed by atoms with Gasteiger partial charge < -0.3 is 4.90 Å². The molecular formula is C14H25NO. The Kier molecular flexibility index (Phi) is 3.39. The molecule has 16 heavy (non-hydrogen) atoms. The van der Waals surface area contributed by atoms with Gasteiger partial charge in [-0.15, -0.1) is 0 Å². The molecule has 2 fully saturated rings. The molecule has 0 bridgehead atoms. The number of Topliss-reactive ketones (excluding diaryl/α,β-unsaturated/α-hetero) is 1. The number of hydrogen-bond donors (Lipinski definition) is 0. The molecule has 3 atom stereocenters. The Morgan fingerprint density at radius 3 is 1.94 bits per heavy atom. The molecule has 1 saturated carbocycles. The topological polar surface area (TPSA) is 20.3 Å². The molecule has 0 radical (unpaired) electrons. The Morgan fingerprint density at radius 2 is 1.56 bits per heavy atom. The molecule has 1 aliphatic carbocycles. The number of ketones is 1. The van der Waals surface area contributed by atoms with E-state index in [1.807, 2.05) is 13.8 Å². The minimum atomic E-state index is 0.227. The van der Waals surface area contributed by atoms with Crippen molar-refractivity contribution in [1.29, 1.82) is 0 Å². The van der Waals surface area contributed by atoms with Crippen molar-refractivity contribution in [3.63, 3.8) is 0 Å². The first-order valence-corrected chi connectivity index (χ1v) is 6.76. The molecule has 0 aromatic heterocycles. The van der Waals surface area contributed by atoms with Crippen LogP contribution in [0.1, 0.15) is 40.5 Å². The number of rotatable bonds is 3. The highest BCUT2D eigenvalue weighted by atomic mass is 16.1. The van der Waals surface area contributed by atoms with Crippen LogP contribution in [0, 0.1) is 23.7 Å². The maximum absolute atomic E-state index is 12.0. The van der Waals surface area contributed by atoms with Crippen LogP contribution < -0.4 is 0 Å². The average molecular weight is 223 g/mol. The molecule has 0 amide bonds. The van der Waals surface area contributed by atoms with E-state index in [0.29, 0.717) is 17.7 Å². The Balaban J connectivity index is 1.91. The molecule has 0 aromatic carbocycles. The number of carbonyl (C=O) groups is 1. The molecule has 0 spiro atoms. The first kappa shape index (κ1) is 12.1. The van der Waals surface area contributed by atoms with Gasteiger partial charge in [0.05, 0.1) is 0 Å². The van der Waals surface area contributed by atoms with E-state index in [0.717, 1.165) is 24.7 Å². The standard InChI is InChI=1S/C14H25NO/c1-9(2)14(16)11-5-12-7-15(10(3)4)8-13(12)6-11/h9-13H,5-8H2,1-4H3/t11?,12-,13+. The molecule has 2 rings (SSSR count). The maximum atomic E-state index is 12.0. The number of fused-ring (bicyclic) bond motifs is 1. The first-order valence-electron chi connectivity index (χ1n) is 6.76. The number of hydrogen-bond acceptors (Lipinski definition) is 2. The van der Waals surface area contributed by atoms with Gasteiger partial charge in [-0.05, 0) is 38.5 Å². The molecule has 1 saturated heterocycles. The Bertz CT molecular complexity index is 258. The van der Waals surface area contributed by atoms with Crippen molar-refractivity contribution in [1.82, 2.24) is 4.90 Å². The van der Waals surface area contributed by atoms with Crippen LogP contribution in [-0.4, -0.2) is 29.8 Å². The second-order valence-corrected chi connectivity index (χ2v) is 6.29. The predicted molar refractivity (Wildman–Crippen MR) is 66.3 cm³/mol. The van der Waals surface area contributed by atoms with E-state index in [-0.39, 0.29) is 5.92 Å². The van der Waals surface area contributed by atoms with Gasteiger partial charge in [-0.25, -0.2) is 0 Å². The zero-order chi connectivity index (χ0) is 11.9. The van der Waals surface area contributed by atoms with Crippen LogP contribution in [-0.2, 0) is 4.79 Å². The molecule has 1 heterocycles. The first-order chi connectivity index (χ1) is 7.49. The Hall–Kier alpha value is -0.370. The van der Waals surface area contributed by atoms with Crippen LogP contribution in [0.15, 0.2) is 0 Å². The van der Waals surface area contributed by atoms with Gasteiger partial charge in [0.1, 0.15) is 5.78 Å². The van der Waals surface area contributed by atoms with Gasteiger partial charge in [0.2, 0.25) is 0 Å². The summed E-state index contributed by atoms with van der Waals surface area (Å²) < 4.78 is 0. The van der Waals surface area contributed by atoms with E-state index >= 15 is 0 Å². The van der Waals surface area contributed by atoms with Crippen molar-refractivity contribution in [2.75, 3.05) is 13.1 Å². The molecular weight excluding hydrogens is 198 g/mol. The molecule has 1 unspecified atom stereocenters. The third kappa shape index (κ3) is 2.17. The van der Waals surface area contributed by atoms with E-state index in [4.69, 9.17) is 0 Å². The van der Waals surface area contributed by atoms with Gasteiger partial charge in [-0.2, -0.15) is 0 Å². The third-order valence-corrected chi connectivity index (χ3v) is 4.48. The number of carbonyl (C=O) groups excluding carboxylic acids is 1. The van der Waals surface area contributed by atoms with Crippen LogP contribution in [0.2, 0.25) is 0 Å². The highest BCUT2D eigenvalue weighted by Crippen LogP contribution is 2.43. The highest BCUT2D eigenvalue weighted by molar-refractivity contribution is 5.83. The second kappa shape index (κ2) is 4.48. The molecule has 2 nitrogen and oxygen atoms in total.